The van der Waals surface area contributed by atoms with Crippen molar-refractivity contribution in [2.24, 2.45) is 0 Å². The van der Waals surface area contributed by atoms with Gasteiger partial charge in [-0.25, -0.2) is 13.2 Å². The van der Waals surface area contributed by atoms with Crippen LogP contribution in [0.15, 0.2) is 47.4 Å². The zero-order valence-electron chi connectivity index (χ0n) is 18.5. The van der Waals surface area contributed by atoms with Crippen LogP contribution in [0.1, 0.15) is 23.7 Å². The summed E-state index contributed by atoms with van der Waals surface area (Å²) in [6.45, 7) is 2.05. The molecule has 2 unspecified atom stereocenters. The summed E-state index contributed by atoms with van der Waals surface area (Å²) in [4.78, 5) is 24.8. The van der Waals surface area contributed by atoms with Crippen LogP contribution in [0.4, 0.5) is 5.69 Å². The Bertz CT molecular complexity index is 1120. The van der Waals surface area contributed by atoms with E-state index in [1.54, 1.807) is 19.1 Å². The zero-order valence-corrected chi connectivity index (χ0v) is 20.2. The third kappa shape index (κ3) is 5.43. The van der Waals surface area contributed by atoms with E-state index in [2.05, 4.69) is 17.9 Å². The highest BCUT2D eigenvalue weighted by molar-refractivity contribution is 7.89. The molecule has 3 rings (SSSR count). The smallest absolute Gasteiger partial charge is 0.338 e. The van der Waals surface area contributed by atoms with Crippen molar-refractivity contribution in [3.63, 3.8) is 0 Å². The van der Waals surface area contributed by atoms with Crippen molar-refractivity contribution < 1.29 is 32.2 Å². The lowest BCUT2D eigenvalue weighted by Crippen LogP contribution is -2.43. The first-order valence-electron chi connectivity index (χ1n) is 10.2. The molecule has 11 heteroatoms. The molecule has 0 spiro atoms. The number of rotatable bonds is 8. The SMILES string of the molecule is CCOC(=O)c1ccc(NC(=O)C2CC(S)CN2S(=O)(=O)c2ccc(OC)c(OC)c2)cc1. The summed E-state index contributed by atoms with van der Waals surface area (Å²) in [7, 11) is -1.14. The van der Waals surface area contributed by atoms with E-state index in [0.29, 0.717) is 17.0 Å². The number of carbonyl (C=O) groups is 2. The number of nitrogens with one attached hydrogen (secondary N) is 1. The number of amides is 1. The van der Waals surface area contributed by atoms with Crippen molar-refractivity contribution in [2.45, 2.75) is 29.5 Å². The van der Waals surface area contributed by atoms with Crippen LogP contribution in [-0.4, -0.2) is 63.3 Å². The van der Waals surface area contributed by atoms with Gasteiger partial charge in [0.25, 0.3) is 0 Å². The second-order valence-corrected chi connectivity index (χ2v) is 9.90. The molecule has 0 radical (unpaired) electrons. The molecule has 1 heterocycles. The van der Waals surface area contributed by atoms with Crippen molar-refractivity contribution in [2.75, 3.05) is 32.7 Å². The topological polar surface area (TPSA) is 111 Å². The zero-order chi connectivity index (χ0) is 24.2. The van der Waals surface area contributed by atoms with E-state index in [1.165, 1.54) is 44.6 Å². The minimum atomic E-state index is -4.01. The summed E-state index contributed by atoms with van der Waals surface area (Å²) >= 11 is 4.42. The van der Waals surface area contributed by atoms with Gasteiger partial charge in [-0.15, -0.1) is 0 Å². The lowest BCUT2D eigenvalue weighted by Gasteiger charge is -2.23. The predicted octanol–water partition coefficient (Wildman–Crippen LogP) is 2.58. The predicted molar refractivity (Wildman–Crippen MR) is 126 cm³/mol. The normalized spacial score (nSPS) is 18.5. The number of thiol groups is 1. The molecule has 2 atom stereocenters. The van der Waals surface area contributed by atoms with Crippen molar-refractivity contribution in [3.05, 3.63) is 48.0 Å². The Kier molecular flexibility index (Phi) is 7.88. The van der Waals surface area contributed by atoms with E-state index >= 15 is 0 Å². The average Bonchev–Trinajstić information content (AvgIpc) is 3.22. The lowest BCUT2D eigenvalue weighted by molar-refractivity contribution is -0.119. The highest BCUT2D eigenvalue weighted by Gasteiger charge is 2.43. The summed E-state index contributed by atoms with van der Waals surface area (Å²) in [5, 5.41) is 2.42. The third-order valence-electron chi connectivity index (χ3n) is 5.16. The number of carbonyl (C=O) groups excluding carboxylic acids is 2. The molecule has 9 nitrogen and oxygen atoms in total. The van der Waals surface area contributed by atoms with E-state index < -0.39 is 27.9 Å². The van der Waals surface area contributed by atoms with Crippen molar-refractivity contribution in [3.8, 4) is 11.5 Å². The van der Waals surface area contributed by atoms with Crippen molar-refractivity contribution >= 4 is 40.2 Å². The van der Waals surface area contributed by atoms with E-state index in [4.69, 9.17) is 14.2 Å². The van der Waals surface area contributed by atoms with Gasteiger partial charge in [-0.2, -0.15) is 16.9 Å². The largest absolute Gasteiger partial charge is 0.493 e. The third-order valence-corrected chi connectivity index (χ3v) is 7.41. The van der Waals surface area contributed by atoms with Gasteiger partial charge >= 0.3 is 5.97 Å². The number of hydrogen-bond acceptors (Lipinski definition) is 8. The van der Waals surface area contributed by atoms with Gasteiger partial charge in [-0.3, -0.25) is 4.79 Å². The van der Waals surface area contributed by atoms with Gasteiger partial charge in [0.1, 0.15) is 6.04 Å². The van der Waals surface area contributed by atoms with Gasteiger partial charge in [0.05, 0.1) is 31.3 Å². The first-order chi connectivity index (χ1) is 15.7. The Hall–Kier alpha value is -2.76. The number of anilines is 1. The second kappa shape index (κ2) is 10.4. The van der Waals surface area contributed by atoms with Crippen molar-refractivity contribution in [1.82, 2.24) is 4.31 Å². The maximum atomic E-state index is 13.4. The molecule has 1 saturated heterocycles. The number of methoxy groups -OCH3 is 2. The maximum absolute atomic E-state index is 13.4. The molecule has 0 aromatic heterocycles. The summed E-state index contributed by atoms with van der Waals surface area (Å²) in [6, 6.07) is 9.50. The van der Waals surface area contributed by atoms with Gasteiger partial charge in [-0.1, -0.05) is 0 Å². The first-order valence-corrected chi connectivity index (χ1v) is 12.2. The van der Waals surface area contributed by atoms with E-state index in [0.717, 1.165) is 4.31 Å². The lowest BCUT2D eigenvalue weighted by atomic mass is 10.2. The number of ether oxygens (including phenoxy) is 3. The monoisotopic (exact) mass is 494 g/mol. The molecular weight excluding hydrogens is 468 g/mol. The molecule has 33 heavy (non-hydrogen) atoms. The molecule has 1 aliphatic rings. The molecule has 0 bridgehead atoms. The Balaban J connectivity index is 1.81. The molecule has 2 aromatic rings. The highest BCUT2D eigenvalue weighted by Crippen LogP contribution is 2.34. The molecule has 0 aliphatic carbocycles. The standard InChI is InChI=1S/C22H26N2O7S2/c1-4-31-22(26)14-5-7-15(8-6-14)23-21(25)18-11-16(32)13-24(18)33(27,28)17-9-10-19(29-2)20(12-17)30-3/h5-10,12,16,18,32H,4,11,13H2,1-3H3,(H,23,25). The van der Waals surface area contributed by atoms with Crippen molar-refractivity contribution in [1.29, 1.82) is 0 Å². The summed E-state index contributed by atoms with van der Waals surface area (Å²) in [6.07, 6.45) is 0.252. The summed E-state index contributed by atoms with van der Waals surface area (Å²) in [5.74, 6) is -0.288. The van der Waals surface area contributed by atoms with Gasteiger partial charge < -0.3 is 19.5 Å². The van der Waals surface area contributed by atoms with E-state index in [-0.39, 0.29) is 35.5 Å². The molecule has 1 fully saturated rings. The van der Waals surface area contributed by atoms with Crippen LogP contribution in [0, 0.1) is 0 Å². The quantitative estimate of drug-likeness (QED) is 0.429. The molecule has 2 aromatic carbocycles. The van der Waals surface area contributed by atoms with Crippen LogP contribution in [0.3, 0.4) is 0 Å². The van der Waals surface area contributed by atoms with Gasteiger partial charge in [0, 0.05) is 23.5 Å². The molecule has 1 amide bonds. The molecule has 0 saturated carbocycles. The molecular formula is C22H26N2O7S2. The highest BCUT2D eigenvalue weighted by atomic mass is 32.2. The Morgan fingerprint density at radius 2 is 1.76 bits per heavy atom. The fourth-order valence-electron chi connectivity index (χ4n) is 3.53. The minimum Gasteiger partial charge on any atom is -0.493 e. The Labute approximate surface area is 198 Å². The number of esters is 1. The van der Waals surface area contributed by atoms with Crippen LogP contribution in [0.25, 0.3) is 0 Å². The van der Waals surface area contributed by atoms with Gasteiger partial charge in [-0.05, 0) is 49.7 Å². The summed E-state index contributed by atoms with van der Waals surface area (Å²) < 4.78 is 43.2. The number of nitrogens with zero attached hydrogens (tertiary/aromatic N) is 1. The number of benzene rings is 2. The van der Waals surface area contributed by atoms with Crippen LogP contribution in [0.2, 0.25) is 0 Å². The molecule has 1 aliphatic heterocycles. The molecule has 178 valence electrons. The second-order valence-electron chi connectivity index (χ2n) is 7.28. The Morgan fingerprint density at radius 3 is 2.36 bits per heavy atom. The van der Waals surface area contributed by atoms with E-state index in [9.17, 15) is 18.0 Å². The maximum Gasteiger partial charge on any atom is 0.338 e. The van der Waals surface area contributed by atoms with Crippen LogP contribution >= 0.6 is 12.6 Å². The number of hydrogen-bond donors (Lipinski definition) is 2. The van der Waals surface area contributed by atoms with E-state index in [1.807, 2.05) is 0 Å². The number of sulfonamides is 1. The Morgan fingerprint density at radius 1 is 1.09 bits per heavy atom. The first kappa shape index (κ1) is 24.9. The fraction of sp³-hybridized carbons (Fsp3) is 0.364. The van der Waals surface area contributed by atoms with Gasteiger partial charge in [0.2, 0.25) is 15.9 Å². The fourth-order valence-corrected chi connectivity index (χ4v) is 5.68. The minimum absolute atomic E-state index is 0.0147. The van der Waals surface area contributed by atoms with Crippen LogP contribution in [0.5, 0.6) is 11.5 Å². The van der Waals surface area contributed by atoms with Gasteiger partial charge in [0.15, 0.2) is 11.5 Å². The molecule has 1 N–H and O–H groups in total. The summed E-state index contributed by atoms with van der Waals surface area (Å²) in [5.41, 5.74) is 0.780. The average molecular weight is 495 g/mol. The van der Waals surface area contributed by atoms with Crippen LogP contribution in [-0.2, 0) is 19.6 Å². The van der Waals surface area contributed by atoms with Crippen LogP contribution < -0.4 is 14.8 Å².